The number of ether oxygens (including phenoxy) is 1. The van der Waals surface area contributed by atoms with Crippen molar-refractivity contribution < 1.29 is 4.74 Å². The van der Waals surface area contributed by atoms with Crippen molar-refractivity contribution in [1.82, 2.24) is 30.0 Å². The normalized spacial score (nSPS) is 16.7. The van der Waals surface area contributed by atoms with Gasteiger partial charge in [-0.05, 0) is 36.6 Å². The van der Waals surface area contributed by atoms with E-state index < -0.39 is 0 Å². The van der Waals surface area contributed by atoms with Gasteiger partial charge in [-0.1, -0.05) is 24.3 Å². The van der Waals surface area contributed by atoms with Crippen molar-refractivity contribution in [3.63, 3.8) is 0 Å². The molecule has 4 rings (SSSR count). The second kappa shape index (κ2) is 7.08. The molecule has 0 amide bonds. The molecule has 1 aliphatic rings. The second-order valence-corrected chi connectivity index (χ2v) is 7.09. The van der Waals surface area contributed by atoms with Crippen molar-refractivity contribution >= 4 is 22.6 Å². The summed E-state index contributed by atoms with van der Waals surface area (Å²) in [6, 6.07) is 8.83. The molecule has 0 saturated carbocycles. The summed E-state index contributed by atoms with van der Waals surface area (Å²) in [6.07, 6.45) is 5.51. The van der Waals surface area contributed by atoms with Crippen molar-refractivity contribution in [3.8, 4) is 0 Å². The molecule has 1 aromatic carbocycles. The number of fused-ring (bicyclic) bond motifs is 1. The van der Waals surface area contributed by atoms with Crippen molar-refractivity contribution in [2.24, 2.45) is 0 Å². The van der Waals surface area contributed by atoms with E-state index in [1.807, 2.05) is 10.9 Å². The predicted octanol–water partition coefficient (Wildman–Crippen LogP) is 3.29. The topological polar surface area (TPSA) is 68.1 Å². The third-order valence-corrected chi connectivity index (χ3v) is 4.82. The van der Waals surface area contributed by atoms with Crippen LogP contribution >= 0.6 is 11.6 Å². The molecule has 8 heteroatoms. The summed E-state index contributed by atoms with van der Waals surface area (Å²) in [4.78, 5) is 10.5. The summed E-state index contributed by atoms with van der Waals surface area (Å²) in [5, 5.41) is 8.89. The van der Waals surface area contributed by atoms with Crippen molar-refractivity contribution in [2.75, 3.05) is 7.11 Å². The summed E-state index contributed by atoms with van der Waals surface area (Å²) >= 11 is 5.92. The van der Waals surface area contributed by atoms with E-state index in [4.69, 9.17) is 16.3 Å². The number of benzene rings is 1. The van der Waals surface area contributed by atoms with E-state index in [-0.39, 0.29) is 11.4 Å². The first-order valence-electron chi connectivity index (χ1n) is 8.78. The van der Waals surface area contributed by atoms with Crippen LogP contribution in [0.15, 0.2) is 48.7 Å². The molecular formula is C19H21ClN6O. The van der Waals surface area contributed by atoms with Gasteiger partial charge in [-0.15, -0.1) is 0 Å². The highest BCUT2D eigenvalue weighted by Gasteiger charge is 2.27. The summed E-state index contributed by atoms with van der Waals surface area (Å²) in [6.45, 7) is 4.94. The van der Waals surface area contributed by atoms with Gasteiger partial charge in [0.2, 0.25) is 11.2 Å². The van der Waals surface area contributed by atoms with Gasteiger partial charge in [-0.25, -0.2) is 9.67 Å². The molecule has 0 aliphatic carbocycles. The molecule has 1 N–H and O–H groups in total. The first-order chi connectivity index (χ1) is 13.0. The number of hydrogen-bond donors (Lipinski definition) is 1. The van der Waals surface area contributed by atoms with Crippen LogP contribution in [0.2, 0.25) is 5.28 Å². The minimum absolute atomic E-state index is 0.0612. The molecule has 2 aromatic heterocycles. The van der Waals surface area contributed by atoms with Gasteiger partial charge in [-0.2, -0.15) is 10.1 Å². The number of nitrogens with one attached hydrogen (secondary N) is 1. The Balaban J connectivity index is 1.55. The van der Waals surface area contributed by atoms with Crippen LogP contribution in [-0.4, -0.2) is 37.8 Å². The van der Waals surface area contributed by atoms with Crippen LogP contribution in [0.5, 0.6) is 0 Å². The molecule has 1 atom stereocenters. The quantitative estimate of drug-likeness (QED) is 0.681. The lowest BCUT2D eigenvalue weighted by atomic mass is 10.1. The molecule has 3 heterocycles. The van der Waals surface area contributed by atoms with E-state index in [1.54, 1.807) is 19.5 Å². The number of hydrogen-bond acceptors (Lipinski definition) is 6. The minimum atomic E-state index is 0.0612. The number of aromatic nitrogens is 4. The lowest BCUT2D eigenvalue weighted by molar-refractivity contribution is 0.217. The van der Waals surface area contributed by atoms with Crippen LogP contribution in [0, 0.1) is 0 Å². The number of methoxy groups -OCH3 is 1. The number of nitrogens with zero attached hydrogens (tertiary/aromatic N) is 5. The average molecular weight is 385 g/mol. The highest BCUT2D eigenvalue weighted by Crippen LogP contribution is 2.28. The Morgan fingerprint density at radius 3 is 2.70 bits per heavy atom. The second-order valence-electron chi connectivity index (χ2n) is 6.75. The van der Waals surface area contributed by atoms with Gasteiger partial charge < -0.3 is 15.0 Å². The summed E-state index contributed by atoms with van der Waals surface area (Å²) in [5.41, 5.74) is 3.04. The fraction of sp³-hybridized carbons (Fsp3) is 0.316. The van der Waals surface area contributed by atoms with E-state index in [1.165, 1.54) is 5.56 Å². The summed E-state index contributed by atoms with van der Waals surface area (Å²) in [7, 11) is 1.67. The Bertz CT molecular complexity index is 982. The van der Waals surface area contributed by atoms with Crippen molar-refractivity contribution in [3.05, 3.63) is 65.2 Å². The van der Waals surface area contributed by atoms with E-state index in [2.05, 4.69) is 63.4 Å². The zero-order valence-corrected chi connectivity index (χ0v) is 16.2. The maximum Gasteiger partial charge on any atom is 0.224 e. The van der Waals surface area contributed by atoms with E-state index >= 15 is 0 Å². The predicted molar refractivity (Wildman–Crippen MR) is 104 cm³/mol. The van der Waals surface area contributed by atoms with Gasteiger partial charge in [0, 0.05) is 12.2 Å². The first kappa shape index (κ1) is 17.6. The minimum Gasteiger partial charge on any atom is -0.481 e. The van der Waals surface area contributed by atoms with Crippen LogP contribution < -0.4 is 5.32 Å². The monoisotopic (exact) mass is 384 g/mol. The van der Waals surface area contributed by atoms with Crippen LogP contribution in [-0.2, 0) is 11.3 Å². The van der Waals surface area contributed by atoms with Gasteiger partial charge in [0.25, 0.3) is 0 Å². The Labute approximate surface area is 162 Å². The lowest BCUT2D eigenvalue weighted by Gasteiger charge is -2.29. The molecule has 0 radical (unpaired) electrons. The Kier molecular flexibility index (Phi) is 4.61. The largest absolute Gasteiger partial charge is 0.481 e. The Hall–Kier alpha value is -2.80. The zero-order valence-electron chi connectivity index (χ0n) is 15.4. The average Bonchev–Trinajstić information content (AvgIpc) is 3.27. The Morgan fingerprint density at radius 1 is 1.22 bits per heavy atom. The molecule has 3 aromatic rings. The molecule has 7 nitrogen and oxygen atoms in total. The van der Waals surface area contributed by atoms with Gasteiger partial charge >= 0.3 is 0 Å². The van der Waals surface area contributed by atoms with Gasteiger partial charge in [-0.3, -0.25) is 0 Å². The van der Waals surface area contributed by atoms with Crippen molar-refractivity contribution in [1.29, 1.82) is 0 Å². The summed E-state index contributed by atoms with van der Waals surface area (Å²) < 4.78 is 7.19. The van der Waals surface area contributed by atoms with Gasteiger partial charge in [0.1, 0.15) is 6.17 Å². The fourth-order valence-corrected chi connectivity index (χ4v) is 3.34. The first-order valence-corrected chi connectivity index (χ1v) is 9.15. The molecule has 0 saturated heterocycles. The fourth-order valence-electron chi connectivity index (χ4n) is 3.21. The summed E-state index contributed by atoms with van der Waals surface area (Å²) in [5.74, 6) is 0.775. The van der Waals surface area contributed by atoms with Gasteiger partial charge in [0.05, 0.1) is 31.4 Å². The highest BCUT2D eigenvalue weighted by molar-refractivity contribution is 6.28. The third-order valence-electron chi connectivity index (χ3n) is 4.63. The van der Waals surface area contributed by atoms with E-state index in [0.29, 0.717) is 12.6 Å². The number of rotatable bonds is 5. The maximum absolute atomic E-state index is 5.92. The molecule has 0 spiro atoms. The zero-order chi connectivity index (χ0) is 19.0. The SMILES string of the molecule is COC1=CN(C(C)C)C(c2ccc(Cn3ncc4cnc(Cl)nc43)cc2)N1. The number of halogens is 1. The molecule has 27 heavy (non-hydrogen) atoms. The van der Waals surface area contributed by atoms with Crippen molar-refractivity contribution in [2.45, 2.75) is 32.6 Å². The molecule has 1 aliphatic heterocycles. The molecule has 0 fully saturated rings. The molecule has 140 valence electrons. The van der Waals surface area contributed by atoms with E-state index in [0.717, 1.165) is 22.5 Å². The Morgan fingerprint density at radius 2 is 2.00 bits per heavy atom. The standard InChI is InChI=1S/C19H21ClN6O/c1-12(2)25-11-16(27-3)23-17(25)14-6-4-13(5-7-14)10-26-18-15(9-22-26)8-21-19(20)24-18/h4-9,11-12,17,23H,10H2,1-3H3. The lowest BCUT2D eigenvalue weighted by Crippen LogP contribution is -2.32. The van der Waals surface area contributed by atoms with Crippen LogP contribution in [0.25, 0.3) is 11.0 Å². The third kappa shape index (κ3) is 3.42. The van der Waals surface area contributed by atoms with Gasteiger partial charge in [0.15, 0.2) is 5.65 Å². The smallest absolute Gasteiger partial charge is 0.224 e. The molecular weight excluding hydrogens is 364 g/mol. The van der Waals surface area contributed by atoms with E-state index in [9.17, 15) is 0 Å². The maximum atomic E-state index is 5.92. The highest BCUT2D eigenvalue weighted by atomic mass is 35.5. The molecule has 1 unspecified atom stereocenters. The molecule has 0 bridgehead atoms. The van der Waals surface area contributed by atoms with Crippen LogP contribution in [0.1, 0.15) is 31.1 Å². The van der Waals surface area contributed by atoms with Crippen LogP contribution in [0.3, 0.4) is 0 Å². The van der Waals surface area contributed by atoms with Crippen LogP contribution in [0.4, 0.5) is 0 Å².